The molecule has 3 aliphatic rings. The molecule has 11 nitrogen and oxygen atoms in total. The number of ether oxygens (including phenoxy) is 1. The molecule has 0 unspecified atom stereocenters. The van der Waals surface area contributed by atoms with E-state index < -0.39 is 41.7 Å². The number of imidazole rings is 1. The van der Waals surface area contributed by atoms with Gasteiger partial charge < -0.3 is 33.4 Å². The summed E-state index contributed by atoms with van der Waals surface area (Å²) in [5.41, 5.74) is 8.06. The molecule has 3 aliphatic heterocycles. The summed E-state index contributed by atoms with van der Waals surface area (Å²) < 4.78 is 29.4. The highest BCUT2D eigenvalue weighted by Crippen LogP contribution is 2.48. The number of aromatic nitrogens is 4. The molecule has 0 aliphatic carbocycles. The van der Waals surface area contributed by atoms with Gasteiger partial charge in [0.1, 0.15) is 18.3 Å². The number of aliphatic hydroxyl groups excluding tert-OH is 1. The zero-order valence-corrected chi connectivity index (χ0v) is 25.9. The first-order chi connectivity index (χ1) is 17.9. The lowest BCUT2D eigenvalue weighted by atomic mass is 10.1. The minimum Gasteiger partial charge on any atom is -0.414 e. The van der Waals surface area contributed by atoms with Crippen molar-refractivity contribution >= 4 is 40.1 Å². The Balaban J connectivity index is 1.55. The van der Waals surface area contributed by atoms with Crippen molar-refractivity contribution in [2.24, 2.45) is 0 Å². The average Bonchev–Trinajstić information content (AvgIpc) is 3.32. The molecule has 0 spiro atoms. The minimum absolute atomic E-state index is 0.154. The quantitative estimate of drug-likeness (QED) is 0.499. The maximum absolute atomic E-state index is 11.7. The van der Waals surface area contributed by atoms with Gasteiger partial charge in [-0.2, -0.15) is 9.97 Å². The number of anilines is 2. The summed E-state index contributed by atoms with van der Waals surface area (Å²) in [7, 11) is -5.59. The highest BCUT2D eigenvalue weighted by Gasteiger charge is 2.61. The molecular formula is C25H44N6O5Si2. The molecule has 212 valence electrons. The molecule has 0 radical (unpaired) electrons. The fourth-order valence-corrected chi connectivity index (χ4v) is 17.4. The lowest BCUT2D eigenvalue weighted by molar-refractivity contribution is -0.0570. The van der Waals surface area contributed by atoms with E-state index in [1.807, 2.05) is 0 Å². The average molecular weight is 565 g/mol. The smallest absolute Gasteiger partial charge is 0.335 e. The molecule has 0 bridgehead atoms. The molecule has 3 N–H and O–H groups in total. The SMILES string of the molecule is CC(C)[Si]1(C(C)C)OC[C@H]2O[C@@H](n3cnc4c(N5CCC5)nc(N)nc43)[C@H](O)[C@@H]2O[Si](C(C)C)(C(C)C)O1. The third-order valence-corrected chi connectivity index (χ3v) is 18.7. The number of nitrogens with zero attached hydrogens (tertiary/aromatic N) is 5. The van der Waals surface area contributed by atoms with Crippen LogP contribution in [-0.2, 0) is 17.7 Å². The van der Waals surface area contributed by atoms with E-state index in [1.165, 1.54) is 0 Å². The Morgan fingerprint density at radius 3 is 2.16 bits per heavy atom. The first-order valence-electron chi connectivity index (χ1n) is 14.0. The van der Waals surface area contributed by atoms with Crippen LogP contribution in [0.4, 0.5) is 11.8 Å². The van der Waals surface area contributed by atoms with Crippen LogP contribution in [0.1, 0.15) is 68.0 Å². The molecule has 2 aromatic heterocycles. The summed E-state index contributed by atoms with van der Waals surface area (Å²) in [5.74, 6) is 0.892. The van der Waals surface area contributed by atoms with E-state index >= 15 is 0 Å². The zero-order chi connectivity index (χ0) is 27.6. The highest BCUT2D eigenvalue weighted by atomic mass is 28.5. The third kappa shape index (κ3) is 4.30. The van der Waals surface area contributed by atoms with Gasteiger partial charge in [-0.05, 0) is 28.6 Å². The summed E-state index contributed by atoms with van der Waals surface area (Å²) in [6, 6.07) is 0. The number of rotatable bonds is 6. The van der Waals surface area contributed by atoms with E-state index in [0.717, 1.165) is 25.3 Å². The highest BCUT2D eigenvalue weighted by molar-refractivity contribution is 6.84. The molecule has 13 heteroatoms. The first kappa shape index (κ1) is 27.9. The Morgan fingerprint density at radius 1 is 0.974 bits per heavy atom. The van der Waals surface area contributed by atoms with Crippen molar-refractivity contribution in [3.05, 3.63) is 6.33 Å². The van der Waals surface area contributed by atoms with Crippen LogP contribution < -0.4 is 10.6 Å². The fourth-order valence-electron chi connectivity index (χ4n) is 6.22. The van der Waals surface area contributed by atoms with E-state index in [4.69, 9.17) is 23.4 Å². The molecular weight excluding hydrogens is 520 g/mol. The molecule has 4 atom stereocenters. The molecule has 0 saturated carbocycles. The van der Waals surface area contributed by atoms with E-state index in [-0.39, 0.29) is 28.1 Å². The van der Waals surface area contributed by atoms with Crippen molar-refractivity contribution in [1.29, 1.82) is 0 Å². The van der Waals surface area contributed by atoms with Gasteiger partial charge in [-0.1, -0.05) is 55.4 Å². The Morgan fingerprint density at radius 2 is 1.61 bits per heavy atom. The summed E-state index contributed by atoms with van der Waals surface area (Å²) in [6.07, 6.45) is -0.0222. The number of aliphatic hydroxyl groups is 1. The van der Waals surface area contributed by atoms with Crippen LogP contribution in [0.2, 0.25) is 22.2 Å². The van der Waals surface area contributed by atoms with Crippen molar-refractivity contribution in [3.63, 3.8) is 0 Å². The number of nitrogens with two attached hydrogens (primary N) is 1. The van der Waals surface area contributed by atoms with Gasteiger partial charge in [-0.15, -0.1) is 0 Å². The van der Waals surface area contributed by atoms with Crippen molar-refractivity contribution in [1.82, 2.24) is 19.5 Å². The predicted molar refractivity (Wildman–Crippen MR) is 150 cm³/mol. The number of nitrogen functional groups attached to an aromatic ring is 1. The number of hydrogen-bond acceptors (Lipinski definition) is 10. The molecule has 5 rings (SSSR count). The van der Waals surface area contributed by atoms with Crippen molar-refractivity contribution in [2.75, 3.05) is 30.3 Å². The molecule has 38 heavy (non-hydrogen) atoms. The largest absolute Gasteiger partial charge is 0.414 e. The van der Waals surface area contributed by atoms with Crippen LogP contribution in [0.3, 0.4) is 0 Å². The second-order valence-corrected chi connectivity index (χ2v) is 21.0. The van der Waals surface area contributed by atoms with Crippen LogP contribution in [-0.4, -0.2) is 79.8 Å². The Kier molecular flexibility index (Phi) is 7.42. The fraction of sp³-hybridized carbons (Fsp3) is 0.800. The van der Waals surface area contributed by atoms with Crippen LogP contribution in [0.15, 0.2) is 6.33 Å². The van der Waals surface area contributed by atoms with Gasteiger partial charge in [0.05, 0.1) is 12.9 Å². The summed E-state index contributed by atoms with van der Waals surface area (Å²) in [6.45, 7) is 19.5. The van der Waals surface area contributed by atoms with E-state index in [9.17, 15) is 5.11 Å². The van der Waals surface area contributed by atoms with Crippen molar-refractivity contribution in [3.8, 4) is 0 Å². The van der Waals surface area contributed by atoms with Crippen molar-refractivity contribution in [2.45, 2.75) is 109 Å². The predicted octanol–water partition coefficient (Wildman–Crippen LogP) is 3.83. The van der Waals surface area contributed by atoms with Gasteiger partial charge in [0.25, 0.3) is 0 Å². The van der Waals surface area contributed by atoms with Gasteiger partial charge in [0.2, 0.25) is 5.95 Å². The lowest BCUT2D eigenvalue weighted by Gasteiger charge is -2.51. The molecule has 3 fully saturated rings. The number of fused-ring (bicyclic) bond motifs is 2. The van der Waals surface area contributed by atoms with Crippen molar-refractivity contribution < 1.29 is 22.8 Å². The Bertz CT molecular complexity index is 1140. The van der Waals surface area contributed by atoms with Gasteiger partial charge in [-0.25, -0.2) is 4.98 Å². The second-order valence-electron chi connectivity index (χ2n) is 12.2. The summed E-state index contributed by atoms with van der Waals surface area (Å²) in [5, 5.41) is 11.7. The van der Waals surface area contributed by atoms with Gasteiger partial charge in [0, 0.05) is 13.1 Å². The molecule has 2 aromatic rings. The molecule has 0 aromatic carbocycles. The normalized spacial score (nSPS) is 29.2. The van der Waals surface area contributed by atoms with Crippen LogP contribution in [0.25, 0.3) is 11.2 Å². The lowest BCUT2D eigenvalue weighted by Crippen LogP contribution is -2.65. The minimum atomic E-state index is -2.89. The standard InChI is InChI=1S/C25H44N6O5Si2/c1-14(2)37(15(3)4)33-12-18-21(35-38(36-37,16(5)6)17(7)8)20(32)24(34-18)31-13-27-19-22(30-10-9-11-30)28-25(26)29-23(19)31/h13-18,20-21,24,32H,9-12H2,1-8H3,(H2,26,28,29)/t18-,20-,21-,24-/m1/s1. The topological polar surface area (TPSA) is 130 Å². The van der Waals surface area contributed by atoms with Crippen LogP contribution >= 0.6 is 0 Å². The Hall–Kier alpha value is -1.62. The first-order valence-corrected chi connectivity index (χ1v) is 18.0. The molecule has 3 saturated heterocycles. The van der Waals surface area contributed by atoms with E-state index in [0.29, 0.717) is 17.8 Å². The van der Waals surface area contributed by atoms with Gasteiger partial charge >= 0.3 is 17.1 Å². The van der Waals surface area contributed by atoms with E-state index in [1.54, 1.807) is 10.9 Å². The second kappa shape index (κ2) is 10.1. The monoisotopic (exact) mass is 564 g/mol. The van der Waals surface area contributed by atoms with Crippen LogP contribution in [0, 0.1) is 0 Å². The number of hydrogen-bond donors (Lipinski definition) is 2. The molecule has 0 amide bonds. The van der Waals surface area contributed by atoms with Crippen LogP contribution in [0.5, 0.6) is 0 Å². The van der Waals surface area contributed by atoms with Gasteiger partial charge in [-0.3, -0.25) is 4.57 Å². The zero-order valence-electron chi connectivity index (χ0n) is 23.9. The van der Waals surface area contributed by atoms with Gasteiger partial charge in [0.15, 0.2) is 23.2 Å². The van der Waals surface area contributed by atoms with E-state index in [2.05, 4.69) is 75.2 Å². The maximum atomic E-state index is 11.7. The summed E-state index contributed by atoms with van der Waals surface area (Å²) >= 11 is 0. The third-order valence-electron chi connectivity index (χ3n) is 8.49. The molecule has 5 heterocycles. The maximum Gasteiger partial charge on any atom is 0.335 e. The summed E-state index contributed by atoms with van der Waals surface area (Å²) in [4.78, 5) is 15.7. The Labute approximate surface area is 227 Å².